The molecule has 0 heterocycles. The van der Waals surface area contributed by atoms with Crippen LogP contribution in [0.25, 0.3) is 0 Å². The highest BCUT2D eigenvalue weighted by atomic mass is 32.2. The zero-order valence-corrected chi connectivity index (χ0v) is 9.18. The third-order valence-electron chi connectivity index (χ3n) is 3.22. The van der Waals surface area contributed by atoms with E-state index >= 15 is 0 Å². The molecule has 78 valence electrons. The lowest BCUT2D eigenvalue weighted by Crippen LogP contribution is -2.21. The SMILES string of the molecule is CCS(=O)(=O)[C@@H]1C[C@H](CN)[C@H](C)C1. The van der Waals surface area contributed by atoms with Gasteiger partial charge >= 0.3 is 0 Å². The molecule has 1 aliphatic carbocycles. The van der Waals surface area contributed by atoms with Crippen LogP contribution >= 0.6 is 0 Å². The van der Waals surface area contributed by atoms with Crippen molar-refractivity contribution < 1.29 is 8.42 Å². The van der Waals surface area contributed by atoms with Gasteiger partial charge in [-0.3, -0.25) is 0 Å². The van der Waals surface area contributed by atoms with Gasteiger partial charge in [-0.25, -0.2) is 8.42 Å². The predicted molar refractivity (Wildman–Crippen MR) is 54.2 cm³/mol. The first-order valence-electron chi connectivity index (χ1n) is 4.92. The van der Waals surface area contributed by atoms with Crippen molar-refractivity contribution >= 4 is 9.84 Å². The van der Waals surface area contributed by atoms with Crippen molar-refractivity contribution in [2.45, 2.75) is 31.9 Å². The lowest BCUT2D eigenvalue weighted by Gasteiger charge is -2.10. The highest BCUT2D eigenvalue weighted by Crippen LogP contribution is 2.34. The Balaban J connectivity index is 2.68. The van der Waals surface area contributed by atoms with Crippen LogP contribution in [0.4, 0.5) is 0 Å². The van der Waals surface area contributed by atoms with Gasteiger partial charge < -0.3 is 5.73 Å². The molecule has 0 aliphatic heterocycles. The summed E-state index contributed by atoms with van der Waals surface area (Å²) < 4.78 is 23.1. The summed E-state index contributed by atoms with van der Waals surface area (Å²) in [5.41, 5.74) is 5.58. The molecule has 0 amide bonds. The van der Waals surface area contributed by atoms with Crippen LogP contribution in [-0.2, 0) is 9.84 Å². The standard InChI is InChI=1S/C9H19NO2S/c1-3-13(11,12)9-4-7(2)8(5-9)6-10/h7-9H,3-6,10H2,1-2H3/t7-,8-,9+/m1/s1. The van der Waals surface area contributed by atoms with Crippen molar-refractivity contribution in [2.24, 2.45) is 17.6 Å². The van der Waals surface area contributed by atoms with E-state index in [2.05, 4.69) is 6.92 Å². The Morgan fingerprint density at radius 2 is 2.00 bits per heavy atom. The third kappa shape index (κ3) is 2.23. The first kappa shape index (κ1) is 11.0. The molecule has 0 spiro atoms. The molecule has 0 unspecified atom stereocenters. The van der Waals surface area contributed by atoms with Gasteiger partial charge in [0.1, 0.15) is 0 Å². The molecule has 1 rings (SSSR count). The first-order valence-corrected chi connectivity index (χ1v) is 6.64. The van der Waals surface area contributed by atoms with Crippen LogP contribution in [0, 0.1) is 11.8 Å². The summed E-state index contributed by atoms with van der Waals surface area (Å²) in [6.07, 6.45) is 1.58. The molecule has 0 radical (unpaired) electrons. The number of hydrogen-bond acceptors (Lipinski definition) is 3. The maximum Gasteiger partial charge on any atom is 0.152 e. The number of hydrogen-bond donors (Lipinski definition) is 1. The van der Waals surface area contributed by atoms with Gasteiger partial charge in [-0.05, 0) is 31.2 Å². The van der Waals surface area contributed by atoms with Crippen LogP contribution in [0.15, 0.2) is 0 Å². The van der Waals surface area contributed by atoms with Crippen LogP contribution in [0.1, 0.15) is 26.7 Å². The third-order valence-corrected chi connectivity index (χ3v) is 5.42. The second-order valence-corrected chi connectivity index (χ2v) is 6.59. The van der Waals surface area contributed by atoms with E-state index in [9.17, 15) is 8.42 Å². The Kier molecular flexibility index (Phi) is 3.35. The van der Waals surface area contributed by atoms with Gasteiger partial charge in [-0.15, -0.1) is 0 Å². The van der Waals surface area contributed by atoms with Crippen molar-refractivity contribution in [3.05, 3.63) is 0 Å². The smallest absolute Gasteiger partial charge is 0.152 e. The average Bonchev–Trinajstić information content (AvgIpc) is 2.47. The van der Waals surface area contributed by atoms with Crippen molar-refractivity contribution in [1.29, 1.82) is 0 Å². The molecule has 1 saturated carbocycles. The van der Waals surface area contributed by atoms with Gasteiger partial charge in [0.15, 0.2) is 9.84 Å². The highest BCUT2D eigenvalue weighted by molar-refractivity contribution is 7.92. The summed E-state index contributed by atoms with van der Waals surface area (Å²) in [6.45, 7) is 4.44. The van der Waals surface area contributed by atoms with E-state index in [0.717, 1.165) is 12.8 Å². The summed E-state index contributed by atoms with van der Waals surface area (Å²) in [6, 6.07) is 0. The van der Waals surface area contributed by atoms with Gasteiger partial charge in [0.05, 0.1) is 5.25 Å². The topological polar surface area (TPSA) is 60.2 Å². The maximum absolute atomic E-state index is 11.6. The van der Waals surface area contributed by atoms with E-state index in [-0.39, 0.29) is 11.0 Å². The second-order valence-electron chi connectivity index (χ2n) is 4.02. The molecule has 0 aromatic carbocycles. The quantitative estimate of drug-likeness (QED) is 0.741. The van der Waals surface area contributed by atoms with E-state index in [1.54, 1.807) is 6.92 Å². The molecule has 4 heteroatoms. The van der Waals surface area contributed by atoms with Crippen LogP contribution in [0.5, 0.6) is 0 Å². The molecule has 1 aliphatic rings. The Morgan fingerprint density at radius 1 is 1.38 bits per heavy atom. The Morgan fingerprint density at radius 3 is 2.38 bits per heavy atom. The van der Waals surface area contributed by atoms with Crippen molar-refractivity contribution in [3.8, 4) is 0 Å². The maximum atomic E-state index is 11.6. The van der Waals surface area contributed by atoms with Crippen molar-refractivity contribution in [1.82, 2.24) is 0 Å². The van der Waals surface area contributed by atoms with Crippen LogP contribution in [-0.4, -0.2) is 26.0 Å². The van der Waals surface area contributed by atoms with E-state index in [4.69, 9.17) is 5.73 Å². The molecule has 0 aromatic heterocycles. The zero-order chi connectivity index (χ0) is 10.1. The molecule has 13 heavy (non-hydrogen) atoms. The van der Waals surface area contributed by atoms with Crippen LogP contribution in [0.2, 0.25) is 0 Å². The van der Waals surface area contributed by atoms with Gasteiger partial charge in [0.25, 0.3) is 0 Å². The van der Waals surface area contributed by atoms with E-state index < -0.39 is 9.84 Å². The zero-order valence-electron chi connectivity index (χ0n) is 8.36. The molecular formula is C9H19NO2S. The Labute approximate surface area is 80.6 Å². The summed E-state index contributed by atoms with van der Waals surface area (Å²) >= 11 is 0. The molecule has 0 aromatic rings. The van der Waals surface area contributed by atoms with Gasteiger partial charge in [0.2, 0.25) is 0 Å². The summed E-state index contributed by atoms with van der Waals surface area (Å²) in [7, 11) is -2.83. The van der Waals surface area contributed by atoms with E-state index in [1.807, 2.05) is 0 Å². The monoisotopic (exact) mass is 205 g/mol. The van der Waals surface area contributed by atoms with Crippen LogP contribution < -0.4 is 5.73 Å². The van der Waals surface area contributed by atoms with Crippen LogP contribution in [0.3, 0.4) is 0 Å². The Hall–Kier alpha value is -0.0900. The predicted octanol–water partition coefficient (Wildman–Crippen LogP) is 0.795. The summed E-state index contributed by atoms with van der Waals surface area (Å²) in [5.74, 6) is 1.14. The summed E-state index contributed by atoms with van der Waals surface area (Å²) in [4.78, 5) is 0. The van der Waals surface area contributed by atoms with E-state index in [0.29, 0.717) is 18.4 Å². The van der Waals surface area contributed by atoms with Gasteiger partial charge in [0, 0.05) is 5.75 Å². The average molecular weight is 205 g/mol. The lowest BCUT2D eigenvalue weighted by molar-refractivity contribution is 0.429. The number of rotatable bonds is 3. The second kappa shape index (κ2) is 3.96. The molecule has 3 nitrogen and oxygen atoms in total. The van der Waals surface area contributed by atoms with Crippen molar-refractivity contribution in [2.75, 3.05) is 12.3 Å². The molecular weight excluding hydrogens is 186 g/mol. The Bertz CT molecular complexity index is 261. The molecule has 2 N–H and O–H groups in total. The minimum Gasteiger partial charge on any atom is -0.330 e. The largest absolute Gasteiger partial charge is 0.330 e. The normalized spacial score (nSPS) is 35.2. The number of sulfone groups is 1. The van der Waals surface area contributed by atoms with Gasteiger partial charge in [-0.2, -0.15) is 0 Å². The molecule has 0 bridgehead atoms. The van der Waals surface area contributed by atoms with Gasteiger partial charge in [-0.1, -0.05) is 13.8 Å². The van der Waals surface area contributed by atoms with Crippen molar-refractivity contribution in [3.63, 3.8) is 0 Å². The first-order chi connectivity index (χ1) is 6.01. The summed E-state index contributed by atoms with van der Waals surface area (Å²) in [5, 5.41) is -0.124. The molecule has 3 atom stereocenters. The fraction of sp³-hybridized carbons (Fsp3) is 1.00. The fourth-order valence-corrected chi connectivity index (χ4v) is 3.74. The lowest BCUT2D eigenvalue weighted by atomic mass is 9.99. The highest BCUT2D eigenvalue weighted by Gasteiger charge is 2.36. The minimum absolute atomic E-state index is 0.124. The molecule has 1 fully saturated rings. The van der Waals surface area contributed by atoms with E-state index in [1.165, 1.54) is 0 Å². The fourth-order valence-electron chi connectivity index (χ4n) is 2.13. The minimum atomic E-state index is -2.83. The molecule has 0 saturated heterocycles. The number of nitrogens with two attached hydrogens (primary N) is 1.